The predicted molar refractivity (Wildman–Crippen MR) is 220 cm³/mol. The van der Waals surface area contributed by atoms with Gasteiger partial charge in [-0.05, 0) is 111 Å². The van der Waals surface area contributed by atoms with Crippen molar-refractivity contribution >= 4 is 29.5 Å². The first-order valence-corrected chi connectivity index (χ1v) is 20.1. The van der Waals surface area contributed by atoms with Gasteiger partial charge >= 0.3 is 0 Å². The van der Waals surface area contributed by atoms with Crippen LogP contribution in [0.3, 0.4) is 0 Å². The Morgan fingerprint density at radius 2 is 1.66 bits per heavy atom. The predicted octanol–water partition coefficient (Wildman–Crippen LogP) is 7.25. The number of hydrogen-bond donors (Lipinski definition) is 4. The number of allylic oxidation sites excluding steroid dienone is 5. The van der Waals surface area contributed by atoms with Gasteiger partial charge in [0.2, 0.25) is 11.8 Å². The Kier molecular flexibility index (Phi) is 10.2. The van der Waals surface area contributed by atoms with Gasteiger partial charge in [-0.15, -0.1) is 0 Å². The number of phenols is 2. The molecule has 6 atom stereocenters. The lowest BCUT2D eigenvalue weighted by Crippen LogP contribution is -2.72. The Labute approximate surface area is 339 Å². The zero-order valence-electron chi connectivity index (χ0n) is 34.6. The third-order valence-corrected chi connectivity index (χ3v) is 12.6. The van der Waals surface area contributed by atoms with Crippen LogP contribution in [0.2, 0.25) is 0 Å². The number of primary amides is 1. The number of phenolic OH excluding ortho intramolecular Hbond substituents is 2. The topological polar surface area (TPSA) is 174 Å². The molecule has 3 aliphatic carbocycles. The highest BCUT2D eigenvalue weighted by molar-refractivity contribution is 6.19. The number of carbonyl (C=O) groups is 4. The normalized spacial score (nSPS) is 27.6. The standard InChI is InChI=1S/C47H54N2O9/c1-25(2)10-9-19-45(8)20-18-31-37(51)36-38(52)34-22-29-23-35-44(6,7)58-46(41(29)53,47(34,35)57-40(36)32(39(31)56-45)16-11-26(3)4)21-17-27(5)43(55)49-24-33(42(48)54)28-12-14-30(50)15-13-28/h10-15,17-18,20,22,29,33,35,50-51H,9,16,19,21,23-24H2,1-8H3,(H2,48,54)(H,49,55). The summed E-state index contributed by atoms with van der Waals surface area (Å²) in [7, 11) is 0. The molecule has 11 nitrogen and oxygen atoms in total. The van der Waals surface area contributed by atoms with E-state index in [1.54, 1.807) is 31.2 Å². The van der Waals surface area contributed by atoms with Crippen molar-refractivity contribution in [2.75, 3.05) is 6.54 Å². The average molecular weight is 791 g/mol. The molecule has 6 aliphatic rings. The van der Waals surface area contributed by atoms with Crippen LogP contribution >= 0.6 is 0 Å². The maximum atomic E-state index is 15.0. The van der Waals surface area contributed by atoms with Crippen LogP contribution in [0.4, 0.5) is 0 Å². The van der Waals surface area contributed by atoms with Gasteiger partial charge in [-0.2, -0.15) is 0 Å². The molecule has 0 aromatic heterocycles. The molecule has 1 saturated carbocycles. The highest BCUT2D eigenvalue weighted by atomic mass is 16.6. The Morgan fingerprint density at radius 3 is 2.31 bits per heavy atom. The van der Waals surface area contributed by atoms with E-state index < -0.39 is 57.8 Å². The summed E-state index contributed by atoms with van der Waals surface area (Å²) in [4.78, 5) is 55.7. The van der Waals surface area contributed by atoms with Crippen molar-refractivity contribution in [3.8, 4) is 23.0 Å². The average Bonchev–Trinajstić information content (AvgIpc) is 3.30. The molecule has 3 aliphatic heterocycles. The van der Waals surface area contributed by atoms with Gasteiger partial charge in [-0.3, -0.25) is 19.2 Å². The van der Waals surface area contributed by atoms with Crippen LogP contribution in [-0.4, -0.2) is 62.5 Å². The summed E-state index contributed by atoms with van der Waals surface area (Å²) in [6, 6.07) is 6.02. The first-order valence-electron chi connectivity index (χ1n) is 20.1. The van der Waals surface area contributed by atoms with E-state index in [1.165, 1.54) is 17.7 Å². The summed E-state index contributed by atoms with van der Waals surface area (Å²) in [5.74, 6) is -3.33. The molecule has 2 aromatic carbocycles. The molecule has 3 heterocycles. The maximum absolute atomic E-state index is 15.0. The summed E-state index contributed by atoms with van der Waals surface area (Å²) in [5.41, 5.74) is 5.11. The third-order valence-electron chi connectivity index (χ3n) is 12.6. The molecule has 11 heteroatoms. The van der Waals surface area contributed by atoms with E-state index >= 15 is 4.79 Å². The van der Waals surface area contributed by atoms with Crippen LogP contribution in [0.1, 0.15) is 114 Å². The number of carbonyl (C=O) groups excluding carboxylic acids is 4. The minimum absolute atomic E-state index is 0.0313. The number of rotatable bonds is 12. The Morgan fingerprint density at radius 1 is 0.966 bits per heavy atom. The number of fused-ring (bicyclic) bond motifs is 2. The van der Waals surface area contributed by atoms with Crippen molar-refractivity contribution in [3.63, 3.8) is 0 Å². The molecule has 6 unspecified atom stereocenters. The van der Waals surface area contributed by atoms with E-state index in [4.69, 9.17) is 19.9 Å². The molecule has 5 N–H and O–H groups in total. The van der Waals surface area contributed by atoms with Crippen molar-refractivity contribution in [1.29, 1.82) is 0 Å². The molecular formula is C47H54N2O9. The van der Waals surface area contributed by atoms with Crippen molar-refractivity contribution < 1.29 is 43.6 Å². The molecule has 306 valence electrons. The zero-order valence-corrected chi connectivity index (χ0v) is 34.6. The number of nitrogens with two attached hydrogens (primary N) is 1. The molecule has 2 fully saturated rings. The molecule has 58 heavy (non-hydrogen) atoms. The van der Waals surface area contributed by atoms with Gasteiger partial charge in [0, 0.05) is 41.5 Å². The van der Waals surface area contributed by atoms with Gasteiger partial charge in [-0.25, -0.2) is 0 Å². The summed E-state index contributed by atoms with van der Waals surface area (Å²) in [5, 5.41) is 24.4. The number of ketones is 2. The van der Waals surface area contributed by atoms with E-state index in [-0.39, 0.29) is 52.7 Å². The van der Waals surface area contributed by atoms with Crippen LogP contribution < -0.4 is 20.5 Å². The number of aromatic hydroxyl groups is 2. The van der Waals surface area contributed by atoms with Crippen molar-refractivity contribution in [1.82, 2.24) is 5.32 Å². The van der Waals surface area contributed by atoms with E-state index in [0.29, 0.717) is 41.7 Å². The van der Waals surface area contributed by atoms with Crippen molar-refractivity contribution in [2.45, 2.75) is 116 Å². The molecule has 1 saturated heterocycles. The lowest BCUT2D eigenvalue weighted by Gasteiger charge is -2.56. The molecule has 2 aromatic rings. The van der Waals surface area contributed by atoms with Crippen LogP contribution in [0.15, 0.2) is 76.9 Å². The van der Waals surface area contributed by atoms with Crippen molar-refractivity contribution in [3.05, 3.63) is 99.2 Å². The second kappa shape index (κ2) is 14.4. The van der Waals surface area contributed by atoms with E-state index in [1.807, 2.05) is 52.8 Å². The fourth-order valence-corrected chi connectivity index (χ4v) is 9.60. The molecule has 8 rings (SSSR count). The van der Waals surface area contributed by atoms with Crippen LogP contribution in [0.25, 0.3) is 6.08 Å². The van der Waals surface area contributed by atoms with Crippen molar-refractivity contribution in [2.24, 2.45) is 17.6 Å². The number of Topliss-reactive ketones (excluding diaryl/α,β-unsaturated/α-hetero) is 2. The van der Waals surface area contributed by atoms with Gasteiger partial charge < -0.3 is 35.5 Å². The highest BCUT2D eigenvalue weighted by Gasteiger charge is 2.81. The number of hydrogen-bond acceptors (Lipinski definition) is 9. The minimum Gasteiger partial charge on any atom is -0.508 e. The largest absolute Gasteiger partial charge is 0.508 e. The van der Waals surface area contributed by atoms with Gasteiger partial charge in [0.1, 0.15) is 34.2 Å². The quantitative estimate of drug-likeness (QED) is 0.128. The van der Waals surface area contributed by atoms with E-state index in [9.17, 15) is 24.6 Å². The highest BCUT2D eigenvalue weighted by Crippen LogP contribution is 2.68. The second-order valence-electron chi connectivity index (χ2n) is 17.7. The SMILES string of the molecule is CC(C)=CCCC1(C)C=Cc2c(O)c3c(c(CC=C(C)C)c2O1)OC12C(=CC4CC1C(C)(C)OC2(CC=C(C)C(=O)NCC(C(N)=O)c1ccc(O)cc1)C4=O)C3=O. The van der Waals surface area contributed by atoms with Crippen LogP contribution in [-0.2, 0) is 25.5 Å². The van der Waals surface area contributed by atoms with Gasteiger partial charge in [-0.1, -0.05) is 47.6 Å². The van der Waals surface area contributed by atoms with Crippen LogP contribution in [0, 0.1) is 11.8 Å². The Hall–Kier alpha value is -5.42. The fourth-order valence-electron chi connectivity index (χ4n) is 9.60. The molecule has 2 amide bonds. The molecular weight excluding hydrogens is 737 g/mol. The summed E-state index contributed by atoms with van der Waals surface area (Å²) >= 11 is 0. The summed E-state index contributed by atoms with van der Waals surface area (Å²) < 4.78 is 21.0. The smallest absolute Gasteiger partial charge is 0.246 e. The van der Waals surface area contributed by atoms with Gasteiger partial charge in [0.25, 0.3) is 0 Å². The monoisotopic (exact) mass is 790 g/mol. The Bertz CT molecular complexity index is 2270. The first kappa shape index (κ1) is 40.8. The summed E-state index contributed by atoms with van der Waals surface area (Å²) in [6.07, 6.45) is 13.4. The molecule has 1 spiro atoms. The van der Waals surface area contributed by atoms with E-state index in [0.717, 1.165) is 12.0 Å². The number of ether oxygens (including phenoxy) is 3. The van der Waals surface area contributed by atoms with Gasteiger partial charge in [0.15, 0.2) is 22.8 Å². The lowest BCUT2D eigenvalue weighted by atomic mass is 9.51. The fraction of sp³-hybridized carbons (Fsp3) is 0.447. The molecule has 0 radical (unpaired) electrons. The third kappa shape index (κ3) is 6.47. The maximum Gasteiger partial charge on any atom is 0.246 e. The lowest BCUT2D eigenvalue weighted by molar-refractivity contribution is -0.171. The number of amides is 2. The second-order valence-corrected chi connectivity index (χ2v) is 17.7. The number of benzene rings is 2. The summed E-state index contributed by atoms with van der Waals surface area (Å²) in [6.45, 7) is 15.4. The zero-order chi connectivity index (χ0) is 42.1. The first-order chi connectivity index (χ1) is 27.2. The van der Waals surface area contributed by atoms with Gasteiger partial charge in [0.05, 0.1) is 17.1 Å². The minimum atomic E-state index is -1.69. The number of nitrogens with one attached hydrogen (secondary N) is 1. The molecule has 4 bridgehead atoms. The van der Waals surface area contributed by atoms with Crippen LogP contribution in [0.5, 0.6) is 23.0 Å². The Balaban J connectivity index is 1.30. The van der Waals surface area contributed by atoms with E-state index in [2.05, 4.69) is 25.2 Å².